The molecule has 2 unspecified atom stereocenters. The Bertz CT molecular complexity index is 678. The smallest absolute Gasteiger partial charge is 0.0625 e. The molecule has 0 aromatic heterocycles. The van der Waals surface area contributed by atoms with E-state index in [4.69, 9.17) is 31.6 Å². The van der Waals surface area contributed by atoms with Gasteiger partial charge in [0.05, 0.1) is 36.4 Å². The van der Waals surface area contributed by atoms with Crippen molar-refractivity contribution in [3.63, 3.8) is 0 Å². The summed E-state index contributed by atoms with van der Waals surface area (Å²) < 4.78 is 0. The minimum Gasteiger partial charge on any atom is -0.198 e. The molecule has 0 aromatic carbocycles. The lowest BCUT2D eigenvalue weighted by atomic mass is 10.5. The number of nitrogens with zero attached hydrogens (tertiary/aromatic N) is 6. The number of nitriles is 6. The molecule has 34 heavy (non-hydrogen) atoms. The minimum atomic E-state index is -0.282. The Labute approximate surface area is 211 Å². The van der Waals surface area contributed by atoms with Crippen LogP contribution in [0.1, 0.15) is 38.5 Å². The molecule has 0 aliphatic carbocycles. The van der Waals surface area contributed by atoms with E-state index in [1.165, 1.54) is 0 Å². The summed E-state index contributed by atoms with van der Waals surface area (Å²) in [5.74, 6) is 0. The van der Waals surface area contributed by atoms with Crippen molar-refractivity contribution in [3.8, 4) is 36.4 Å². The van der Waals surface area contributed by atoms with Gasteiger partial charge in [-0.25, -0.2) is 0 Å². The SMILES string of the molecule is N#CCCP(CCC#N)CCP(CCC#N)CCP(CCC#N)CCP(CCC#N)CCC#N. The molecule has 0 aromatic rings. The first kappa shape index (κ1) is 32.7. The highest BCUT2D eigenvalue weighted by Gasteiger charge is 2.17. The van der Waals surface area contributed by atoms with Gasteiger partial charge in [0, 0.05) is 38.5 Å². The van der Waals surface area contributed by atoms with Gasteiger partial charge >= 0.3 is 0 Å². The molecule has 0 saturated heterocycles. The fourth-order valence-corrected chi connectivity index (χ4v) is 15.4. The van der Waals surface area contributed by atoms with Gasteiger partial charge in [-0.3, -0.25) is 0 Å². The first-order valence-corrected chi connectivity index (χ1v) is 19.3. The maximum atomic E-state index is 9.12. The van der Waals surface area contributed by atoms with E-state index in [0.29, 0.717) is 38.5 Å². The Balaban J connectivity index is 4.93. The third-order valence-corrected chi connectivity index (χ3v) is 16.8. The summed E-state index contributed by atoms with van der Waals surface area (Å²) in [7, 11) is -1.05. The van der Waals surface area contributed by atoms with Gasteiger partial charge in [0.25, 0.3) is 0 Å². The first-order chi connectivity index (χ1) is 16.6. The average Bonchev–Trinajstić information content (AvgIpc) is 2.86. The lowest BCUT2D eigenvalue weighted by Crippen LogP contribution is -2.07. The molecule has 0 saturated carbocycles. The van der Waals surface area contributed by atoms with Crippen LogP contribution >= 0.6 is 31.7 Å². The van der Waals surface area contributed by atoms with Crippen molar-refractivity contribution >= 4 is 31.7 Å². The summed E-state index contributed by atoms with van der Waals surface area (Å²) in [6.07, 6.45) is 15.7. The van der Waals surface area contributed by atoms with Gasteiger partial charge in [0.2, 0.25) is 0 Å². The Kier molecular flexibility index (Phi) is 23.8. The third kappa shape index (κ3) is 19.0. The predicted molar refractivity (Wildman–Crippen MR) is 147 cm³/mol. The molecule has 0 aliphatic heterocycles. The van der Waals surface area contributed by atoms with Crippen LogP contribution in [0.15, 0.2) is 0 Å². The first-order valence-electron chi connectivity index (χ1n) is 11.8. The molecule has 0 aliphatic rings. The van der Waals surface area contributed by atoms with Gasteiger partial charge in [-0.2, -0.15) is 31.6 Å². The highest BCUT2D eigenvalue weighted by molar-refractivity contribution is 7.64. The third-order valence-electron chi connectivity index (χ3n) is 5.44. The van der Waals surface area contributed by atoms with Crippen LogP contribution in [0.2, 0.25) is 0 Å². The van der Waals surface area contributed by atoms with Crippen LogP contribution in [-0.2, 0) is 0 Å². The van der Waals surface area contributed by atoms with Gasteiger partial charge in [-0.15, -0.1) is 31.7 Å². The standard InChI is InChI=1S/C24H36N6P4/c25-7-1-13-31(14-2-8-26)19-21-33(17-5-11-29)23-24-34(18-6-12-30)22-20-32(15-3-9-27)16-4-10-28/h1-6,13-24H2. The molecular weight excluding hydrogens is 496 g/mol. The molecular formula is C24H36N6P4. The average molecular weight is 532 g/mol. The normalized spacial score (nSPS) is 12.0. The largest absolute Gasteiger partial charge is 0.198 e. The summed E-state index contributed by atoms with van der Waals surface area (Å²) >= 11 is 0. The molecule has 0 fully saturated rings. The second-order valence-corrected chi connectivity index (χ2v) is 18.5. The minimum absolute atomic E-state index is 0.241. The lowest BCUT2D eigenvalue weighted by molar-refractivity contribution is 1.16. The Hall–Kier alpha value is -1.34. The molecule has 10 heteroatoms. The Morgan fingerprint density at radius 3 is 0.559 bits per heavy atom. The number of hydrogen-bond donors (Lipinski definition) is 0. The summed E-state index contributed by atoms with van der Waals surface area (Å²) in [5.41, 5.74) is 0. The molecule has 182 valence electrons. The van der Waals surface area contributed by atoms with Crippen molar-refractivity contribution in [2.24, 2.45) is 0 Å². The summed E-state index contributed by atoms with van der Waals surface area (Å²) in [6, 6.07) is 13.6. The van der Waals surface area contributed by atoms with Crippen LogP contribution < -0.4 is 0 Å². The van der Waals surface area contributed by atoms with Gasteiger partial charge in [0.15, 0.2) is 0 Å². The Morgan fingerprint density at radius 2 is 0.412 bits per heavy atom. The van der Waals surface area contributed by atoms with E-state index in [0.717, 1.165) is 73.9 Å². The number of hydrogen-bond acceptors (Lipinski definition) is 6. The van der Waals surface area contributed by atoms with Crippen molar-refractivity contribution in [1.82, 2.24) is 0 Å². The van der Waals surface area contributed by atoms with E-state index in [1.807, 2.05) is 0 Å². The fraction of sp³-hybridized carbons (Fsp3) is 0.750. The van der Waals surface area contributed by atoms with Crippen LogP contribution in [0.4, 0.5) is 0 Å². The van der Waals surface area contributed by atoms with Gasteiger partial charge in [-0.05, 0) is 73.9 Å². The second kappa shape index (κ2) is 24.8. The fourth-order valence-electron chi connectivity index (χ4n) is 3.44. The maximum absolute atomic E-state index is 9.12. The van der Waals surface area contributed by atoms with Gasteiger partial charge in [-0.1, -0.05) is 0 Å². The monoisotopic (exact) mass is 532 g/mol. The molecule has 0 heterocycles. The summed E-state index contributed by atoms with van der Waals surface area (Å²) in [6.45, 7) is 0. The van der Waals surface area contributed by atoms with Crippen molar-refractivity contribution in [1.29, 1.82) is 31.6 Å². The van der Waals surface area contributed by atoms with E-state index in [2.05, 4.69) is 36.4 Å². The molecule has 0 N–H and O–H groups in total. The van der Waals surface area contributed by atoms with Crippen LogP contribution in [0.25, 0.3) is 0 Å². The highest BCUT2D eigenvalue weighted by Crippen LogP contribution is 2.49. The number of rotatable bonds is 21. The topological polar surface area (TPSA) is 143 Å². The predicted octanol–water partition coefficient (Wildman–Crippen LogP) is 6.40. The van der Waals surface area contributed by atoms with Crippen molar-refractivity contribution < 1.29 is 0 Å². The highest BCUT2D eigenvalue weighted by atomic mass is 31.1. The lowest BCUT2D eigenvalue weighted by Gasteiger charge is -2.25. The quantitative estimate of drug-likeness (QED) is 0.157. The Morgan fingerprint density at radius 1 is 0.265 bits per heavy atom. The van der Waals surface area contributed by atoms with Gasteiger partial charge < -0.3 is 0 Å². The summed E-state index contributed by atoms with van der Waals surface area (Å²) in [4.78, 5) is 0. The molecule has 0 amide bonds. The van der Waals surface area contributed by atoms with Crippen LogP contribution in [0.3, 0.4) is 0 Å². The molecule has 0 bridgehead atoms. The van der Waals surface area contributed by atoms with Crippen LogP contribution in [-0.4, -0.2) is 73.9 Å². The zero-order valence-corrected chi connectivity index (χ0v) is 23.8. The molecule has 0 spiro atoms. The van der Waals surface area contributed by atoms with E-state index in [-0.39, 0.29) is 31.7 Å². The van der Waals surface area contributed by atoms with Crippen LogP contribution in [0, 0.1) is 68.0 Å². The second-order valence-electron chi connectivity index (χ2n) is 7.82. The van der Waals surface area contributed by atoms with E-state index < -0.39 is 0 Å². The van der Waals surface area contributed by atoms with Gasteiger partial charge in [0.1, 0.15) is 0 Å². The molecule has 2 atom stereocenters. The van der Waals surface area contributed by atoms with Crippen molar-refractivity contribution in [3.05, 3.63) is 0 Å². The van der Waals surface area contributed by atoms with Crippen molar-refractivity contribution in [2.45, 2.75) is 38.5 Å². The molecule has 6 nitrogen and oxygen atoms in total. The zero-order valence-electron chi connectivity index (χ0n) is 20.2. The van der Waals surface area contributed by atoms with E-state index in [9.17, 15) is 0 Å². The maximum Gasteiger partial charge on any atom is 0.0625 e. The van der Waals surface area contributed by atoms with Crippen molar-refractivity contribution in [2.75, 3.05) is 73.9 Å². The summed E-state index contributed by atoms with van der Waals surface area (Å²) in [5, 5.41) is 54.0. The zero-order chi connectivity index (χ0) is 25.3. The molecule has 0 rings (SSSR count). The van der Waals surface area contributed by atoms with Crippen LogP contribution in [0.5, 0.6) is 0 Å². The van der Waals surface area contributed by atoms with E-state index in [1.54, 1.807) is 0 Å². The molecule has 0 radical (unpaired) electrons. The van der Waals surface area contributed by atoms with E-state index >= 15 is 0 Å².